The van der Waals surface area contributed by atoms with E-state index in [4.69, 9.17) is 15.5 Å². The van der Waals surface area contributed by atoms with Gasteiger partial charge in [-0.25, -0.2) is 0 Å². The Balaban J connectivity index is 2.51. The number of hydrogen-bond acceptors (Lipinski definition) is 5. The van der Waals surface area contributed by atoms with Gasteiger partial charge in [0.05, 0.1) is 0 Å². The summed E-state index contributed by atoms with van der Waals surface area (Å²) in [7, 11) is 0. The van der Waals surface area contributed by atoms with Crippen LogP contribution in [0.1, 0.15) is 12.8 Å². The van der Waals surface area contributed by atoms with Gasteiger partial charge in [-0.1, -0.05) is 0 Å². The van der Waals surface area contributed by atoms with E-state index in [2.05, 4.69) is 10.6 Å². The lowest BCUT2D eigenvalue weighted by Crippen LogP contribution is -2.26. The minimum absolute atomic E-state index is 0.0440. The van der Waals surface area contributed by atoms with Gasteiger partial charge in [-0.2, -0.15) is 5.26 Å². The minimum atomic E-state index is -0.936. The number of aliphatic carboxylic acids is 1. The molecule has 0 aliphatic rings. The number of hydrogen-bond donors (Lipinski definition) is 4. The summed E-state index contributed by atoms with van der Waals surface area (Å²) >= 11 is 0. The quantitative estimate of drug-likeness (QED) is 0.259. The number of carboxylic acid groups (broad SMARTS) is 1. The first-order valence-corrected chi connectivity index (χ1v) is 6.18. The molecule has 0 aromatic heterocycles. The summed E-state index contributed by atoms with van der Waals surface area (Å²) in [5.74, 6) is -1.40. The van der Waals surface area contributed by atoms with Crippen molar-refractivity contribution in [2.45, 2.75) is 12.8 Å². The number of nitriles is 1. The predicted molar refractivity (Wildman–Crippen MR) is 75.3 cm³/mol. The van der Waals surface area contributed by atoms with Gasteiger partial charge in [0.1, 0.15) is 17.4 Å². The van der Waals surface area contributed by atoms with E-state index in [0.717, 1.165) is 0 Å². The number of benzene rings is 1. The lowest BCUT2D eigenvalue weighted by atomic mass is 10.2. The molecule has 0 bridgehead atoms. The van der Waals surface area contributed by atoms with Gasteiger partial charge in [0.2, 0.25) is 0 Å². The second-order valence-corrected chi connectivity index (χ2v) is 4.11. The maximum atomic E-state index is 11.7. The first-order chi connectivity index (χ1) is 10.0. The number of phenolic OH excluding ortho intramolecular Hbond substituents is 1. The number of nitrogens with zero attached hydrogens (tertiary/aromatic N) is 1. The zero-order chi connectivity index (χ0) is 15.7. The average Bonchev–Trinajstić information content (AvgIpc) is 2.46. The number of phenols is 1. The Bertz CT molecular complexity index is 573. The van der Waals surface area contributed by atoms with Crippen LogP contribution < -0.4 is 10.6 Å². The maximum Gasteiger partial charge on any atom is 0.303 e. The van der Waals surface area contributed by atoms with Crippen molar-refractivity contribution in [3.05, 3.63) is 36.0 Å². The summed E-state index contributed by atoms with van der Waals surface area (Å²) in [6.45, 7) is 0.184. The summed E-state index contributed by atoms with van der Waals surface area (Å²) < 4.78 is 0. The van der Waals surface area contributed by atoms with Crippen molar-refractivity contribution in [2.75, 3.05) is 11.9 Å². The van der Waals surface area contributed by atoms with E-state index in [9.17, 15) is 9.59 Å². The van der Waals surface area contributed by atoms with Crippen LogP contribution in [0.25, 0.3) is 0 Å². The number of aromatic hydroxyl groups is 1. The number of anilines is 1. The monoisotopic (exact) mass is 289 g/mol. The van der Waals surface area contributed by atoms with Crippen LogP contribution >= 0.6 is 0 Å². The molecule has 0 radical (unpaired) electrons. The normalized spacial score (nSPS) is 10.5. The molecular weight excluding hydrogens is 274 g/mol. The first kappa shape index (κ1) is 16.0. The Morgan fingerprint density at radius 3 is 2.52 bits per heavy atom. The molecule has 0 unspecified atom stereocenters. The highest BCUT2D eigenvalue weighted by Crippen LogP contribution is 2.13. The number of carbonyl (C=O) groups is 2. The van der Waals surface area contributed by atoms with Crippen LogP contribution in [0.4, 0.5) is 5.69 Å². The molecule has 1 aromatic carbocycles. The van der Waals surface area contributed by atoms with E-state index >= 15 is 0 Å². The van der Waals surface area contributed by atoms with Gasteiger partial charge in [-0.05, 0) is 30.7 Å². The zero-order valence-electron chi connectivity index (χ0n) is 11.2. The molecular formula is C14H15N3O4. The van der Waals surface area contributed by atoms with E-state index in [0.29, 0.717) is 12.1 Å². The summed E-state index contributed by atoms with van der Waals surface area (Å²) in [5, 5.41) is 31.7. The lowest BCUT2D eigenvalue weighted by Gasteiger charge is -2.04. The van der Waals surface area contributed by atoms with Gasteiger partial charge in [0, 0.05) is 24.9 Å². The highest BCUT2D eigenvalue weighted by atomic mass is 16.4. The second kappa shape index (κ2) is 8.22. The molecule has 0 aliphatic carbocycles. The van der Waals surface area contributed by atoms with Crippen molar-refractivity contribution < 1.29 is 19.8 Å². The number of carbonyl (C=O) groups excluding carboxylic acids is 1. The highest BCUT2D eigenvalue weighted by molar-refractivity contribution is 5.97. The molecule has 7 heteroatoms. The number of rotatable bonds is 7. The van der Waals surface area contributed by atoms with E-state index in [1.165, 1.54) is 18.3 Å². The molecule has 0 aliphatic heterocycles. The summed E-state index contributed by atoms with van der Waals surface area (Å²) in [6, 6.07) is 7.86. The largest absolute Gasteiger partial charge is 0.508 e. The number of carboxylic acids is 1. The molecule has 1 rings (SSSR count). The van der Waals surface area contributed by atoms with Crippen LogP contribution in [-0.4, -0.2) is 28.6 Å². The standard InChI is InChI=1S/C14H15N3O4/c15-8-10(14(21)16-7-1-2-13(19)20)9-17-11-3-5-12(18)6-4-11/h3-6,9,17-18H,1-2,7H2,(H,16,21)(H,19,20)/b10-9-. The van der Waals surface area contributed by atoms with E-state index in [1.807, 2.05) is 0 Å². The summed E-state index contributed by atoms with van der Waals surface area (Å²) in [5.41, 5.74) is 0.484. The topological polar surface area (TPSA) is 122 Å². The average molecular weight is 289 g/mol. The molecule has 7 nitrogen and oxygen atoms in total. The number of amides is 1. The summed E-state index contributed by atoms with van der Waals surface area (Å²) in [6.07, 6.45) is 1.50. The van der Waals surface area contributed by atoms with Gasteiger partial charge < -0.3 is 20.8 Å². The third kappa shape index (κ3) is 6.11. The fraction of sp³-hybridized carbons (Fsp3) is 0.214. The molecule has 1 aromatic rings. The third-order valence-corrected chi connectivity index (χ3v) is 2.47. The van der Waals surface area contributed by atoms with E-state index < -0.39 is 11.9 Å². The van der Waals surface area contributed by atoms with Crippen molar-refractivity contribution in [3.8, 4) is 11.8 Å². The smallest absolute Gasteiger partial charge is 0.303 e. The fourth-order valence-corrected chi connectivity index (χ4v) is 1.40. The maximum absolute atomic E-state index is 11.7. The Labute approximate surface area is 121 Å². The molecule has 1 amide bonds. The SMILES string of the molecule is N#C/C(=C/Nc1ccc(O)cc1)C(=O)NCCCC(=O)O. The first-order valence-electron chi connectivity index (χ1n) is 6.18. The van der Waals surface area contributed by atoms with Crippen molar-refractivity contribution in [3.63, 3.8) is 0 Å². The van der Waals surface area contributed by atoms with Crippen molar-refractivity contribution in [2.24, 2.45) is 0 Å². The van der Waals surface area contributed by atoms with Crippen LogP contribution in [-0.2, 0) is 9.59 Å². The van der Waals surface area contributed by atoms with Crippen LogP contribution in [0, 0.1) is 11.3 Å². The lowest BCUT2D eigenvalue weighted by molar-refractivity contribution is -0.137. The molecule has 0 spiro atoms. The molecule has 0 saturated heterocycles. The molecule has 0 atom stereocenters. The minimum Gasteiger partial charge on any atom is -0.508 e. The van der Waals surface area contributed by atoms with Crippen molar-refractivity contribution in [1.29, 1.82) is 5.26 Å². The van der Waals surface area contributed by atoms with Gasteiger partial charge in [-0.3, -0.25) is 9.59 Å². The predicted octanol–water partition coefficient (Wildman–Crippen LogP) is 1.19. The van der Waals surface area contributed by atoms with Crippen LogP contribution in [0.2, 0.25) is 0 Å². The van der Waals surface area contributed by atoms with Gasteiger partial charge in [0.25, 0.3) is 5.91 Å². The van der Waals surface area contributed by atoms with Crippen LogP contribution in [0.3, 0.4) is 0 Å². The molecule has 0 heterocycles. The van der Waals surface area contributed by atoms with Crippen LogP contribution in [0.15, 0.2) is 36.0 Å². The second-order valence-electron chi connectivity index (χ2n) is 4.11. The zero-order valence-corrected chi connectivity index (χ0v) is 11.2. The molecule has 4 N–H and O–H groups in total. The van der Waals surface area contributed by atoms with Gasteiger partial charge >= 0.3 is 5.97 Å². The molecule has 110 valence electrons. The van der Waals surface area contributed by atoms with E-state index in [-0.39, 0.29) is 24.3 Å². The fourth-order valence-electron chi connectivity index (χ4n) is 1.40. The van der Waals surface area contributed by atoms with Crippen molar-refractivity contribution in [1.82, 2.24) is 5.32 Å². The Morgan fingerprint density at radius 1 is 1.29 bits per heavy atom. The van der Waals surface area contributed by atoms with Crippen LogP contribution in [0.5, 0.6) is 5.75 Å². The molecule has 0 saturated carbocycles. The molecule has 21 heavy (non-hydrogen) atoms. The number of nitrogens with one attached hydrogen (secondary N) is 2. The third-order valence-electron chi connectivity index (χ3n) is 2.47. The summed E-state index contributed by atoms with van der Waals surface area (Å²) in [4.78, 5) is 22.0. The van der Waals surface area contributed by atoms with Gasteiger partial charge in [-0.15, -0.1) is 0 Å². The van der Waals surface area contributed by atoms with Crippen molar-refractivity contribution >= 4 is 17.6 Å². The Kier molecular flexibility index (Phi) is 6.28. The Morgan fingerprint density at radius 2 is 1.95 bits per heavy atom. The molecule has 0 fully saturated rings. The Hall–Kier alpha value is -3.01. The van der Waals surface area contributed by atoms with E-state index in [1.54, 1.807) is 18.2 Å². The highest BCUT2D eigenvalue weighted by Gasteiger charge is 2.08. The van der Waals surface area contributed by atoms with Gasteiger partial charge in [0.15, 0.2) is 0 Å².